The summed E-state index contributed by atoms with van der Waals surface area (Å²) in [5.74, 6) is 0.263. The van der Waals surface area contributed by atoms with Crippen molar-refractivity contribution in [2.24, 2.45) is 5.92 Å². The Morgan fingerprint density at radius 1 is 1.29 bits per heavy atom. The van der Waals surface area contributed by atoms with Gasteiger partial charge in [0, 0.05) is 42.8 Å². The van der Waals surface area contributed by atoms with Gasteiger partial charge in [-0.1, -0.05) is 31.9 Å². The maximum atomic E-state index is 14.2. The number of rotatable bonds is 4. The van der Waals surface area contributed by atoms with Gasteiger partial charge in [0.05, 0.1) is 0 Å². The first-order valence-corrected chi connectivity index (χ1v) is 7.41. The highest BCUT2D eigenvalue weighted by Gasteiger charge is 2.28. The molecule has 0 radical (unpaired) electrons. The van der Waals surface area contributed by atoms with Gasteiger partial charge in [-0.3, -0.25) is 4.90 Å². The topological polar surface area (TPSA) is 15.3 Å². The molecule has 1 unspecified atom stereocenters. The number of hydrogen-bond acceptors (Lipinski definition) is 2. The molecule has 0 saturated carbocycles. The van der Waals surface area contributed by atoms with E-state index in [9.17, 15) is 4.39 Å². The first kappa shape index (κ1) is 20.9. The first-order chi connectivity index (χ1) is 9.13. The van der Waals surface area contributed by atoms with Gasteiger partial charge >= 0.3 is 0 Å². The minimum atomic E-state index is -0.145. The predicted molar refractivity (Wildman–Crippen MR) is 92.5 cm³/mol. The van der Waals surface area contributed by atoms with Gasteiger partial charge < -0.3 is 5.32 Å². The molecule has 1 saturated heterocycles. The number of hydrogen-bond donors (Lipinski definition) is 1. The van der Waals surface area contributed by atoms with Crippen LogP contribution < -0.4 is 5.32 Å². The van der Waals surface area contributed by atoms with Crippen LogP contribution >= 0.6 is 36.4 Å². The Balaban J connectivity index is 0.00000200. The number of halogens is 4. The van der Waals surface area contributed by atoms with E-state index in [0.29, 0.717) is 10.9 Å². The van der Waals surface area contributed by atoms with Crippen LogP contribution in [-0.4, -0.2) is 31.1 Å². The fourth-order valence-electron chi connectivity index (χ4n) is 2.79. The van der Waals surface area contributed by atoms with Crippen LogP contribution in [0.25, 0.3) is 0 Å². The summed E-state index contributed by atoms with van der Waals surface area (Å²) < 4.78 is 14.2. The molecule has 1 aromatic carbocycles. The lowest BCUT2D eigenvalue weighted by Gasteiger charge is -2.38. The molecule has 21 heavy (non-hydrogen) atoms. The third-order valence-corrected chi connectivity index (χ3v) is 4.24. The molecule has 0 aliphatic carbocycles. The summed E-state index contributed by atoms with van der Waals surface area (Å²) in [6, 6.07) is 5.00. The largest absolute Gasteiger partial charge is 0.314 e. The highest BCUT2D eigenvalue weighted by molar-refractivity contribution is 6.30. The second-order valence-electron chi connectivity index (χ2n) is 5.28. The molecule has 0 spiro atoms. The van der Waals surface area contributed by atoms with E-state index in [1.54, 1.807) is 12.1 Å². The molecule has 1 aliphatic rings. The Bertz CT molecular complexity index is 425. The van der Waals surface area contributed by atoms with E-state index in [0.717, 1.165) is 38.2 Å². The van der Waals surface area contributed by atoms with E-state index in [1.165, 1.54) is 6.07 Å². The van der Waals surface area contributed by atoms with Crippen molar-refractivity contribution >= 4 is 36.4 Å². The zero-order valence-electron chi connectivity index (χ0n) is 12.4. The smallest absolute Gasteiger partial charge is 0.128 e. The van der Waals surface area contributed by atoms with Crippen molar-refractivity contribution in [1.29, 1.82) is 0 Å². The zero-order chi connectivity index (χ0) is 13.8. The van der Waals surface area contributed by atoms with Gasteiger partial charge in [-0.05, 0) is 24.1 Å². The van der Waals surface area contributed by atoms with Crippen LogP contribution in [0.4, 0.5) is 4.39 Å². The van der Waals surface area contributed by atoms with Crippen LogP contribution in [-0.2, 0) is 0 Å². The van der Waals surface area contributed by atoms with Crippen LogP contribution in [0.2, 0.25) is 5.02 Å². The molecular weight excluding hydrogens is 334 g/mol. The number of nitrogens with one attached hydrogen (secondary N) is 1. The molecule has 0 aromatic heterocycles. The van der Waals surface area contributed by atoms with Crippen molar-refractivity contribution in [2.45, 2.75) is 26.3 Å². The lowest BCUT2D eigenvalue weighted by Crippen LogP contribution is -2.46. The number of nitrogens with zero attached hydrogens (tertiary/aromatic N) is 1. The molecule has 0 amide bonds. The average molecular weight is 358 g/mol. The quantitative estimate of drug-likeness (QED) is 0.863. The summed E-state index contributed by atoms with van der Waals surface area (Å²) >= 11 is 6.05. The molecule has 1 aliphatic heterocycles. The maximum Gasteiger partial charge on any atom is 0.128 e. The Kier molecular flexibility index (Phi) is 9.83. The van der Waals surface area contributed by atoms with Crippen LogP contribution in [0.1, 0.15) is 31.9 Å². The van der Waals surface area contributed by atoms with Gasteiger partial charge in [0.2, 0.25) is 0 Å². The van der Waals surface area contributed by atoms with Crippen LogP contribution in [0.3, 0.4) is 0 Å². The van der Waals surface area contributed by atoms with Crippen molar-refractivity contribution in [3.63, 3.8) is 0 Å². The Morgan fingerprint density at radius 3 is 2.48 bits per heavy atom. The second-order valence-corrected chi connectivity index (χ2v) is 5.72. The SMILES string of the molecule is CCC(C)[C@H](c1cc(Cl)ccc1F)N1CCNCC1.Cl.Cl. The number of piperazine rings is 1. The summed E-state index contributed by atoms with van der Waals surface area (Å²) in [7, 11) is 0. The molecule has 6 heteroatoms. The second kappa shape index (κ2) is 9.86. The molecule has 1 heterocycles. The van der Waals surface area contributed by atoms with Crippen LogP contribution in [0.15, 0.2) is 18.2 Å². The molecule has 1 N–H and O–H groups in total. The highest BCUT2D eigenvalue weighted by Crippen LogP contribution is 2.33. The Hall–Kier alpha value is -0.0600. The summed E-state index contributed by atoms with van der Waals surface area (Å²) in [6.45, 7) is 8.20. The summed E-state index contributed by atoms with van der Waals surface area (Å²) in [5, 5.41) is 3.95. The van der Waals surface area contributed by atoms with Gasteiger partial charge in [0.1, 0.15) is 5.82 Å². The molecule has 122 valence electrons. The van der Waals surface area contributed by atoms with Gasteiger partial charge in [0.15, 0.2) is 0 Å². The normalized spacial score (nSPS) is 18.3. The summed E-state index contributed by atoms with van der Waals surface area (Å²) in [5.41, 5.74) is 0.740. The maximum absolute atomic E-state index is 14.2. The van der Waals surface area contributed by atoms with E-state index in [-0.39, 0.29) is 36.7 Å². The molecule has 1 aromatic rings. The van der Waals surface area contributed by atoms with Crippen LogP contribution in [0, 0.1) is 11.7 Å². The van der Waals surface area contributed by atoms with Gasteiger partial charge in [-0.15, -0.1) is 24.8 Å². The van der Waals surface area contributed by atoms with Gasteiger partial charge in [0.25, 0.3) is 0 Å². The fourth-order valence-corrected chi connectivity index (χ4v) is 2.97. The summed E-state index contributed by atoms with van der Waals surface area (Å²) in [4.78, 5) is 2.37. The Morgan fingerprint density at radius 2 is 1.90 bits per heavy atom. The third-order valence-electron chi connectivity index (χ3n) is 4.00. The van der Waals surface area contributed by atoms with E-state index < -0.39 is 0 Å². The van der Waals surface area contributed by atoms with E-state index in [1.807, 2.05) is 0 Å². The van der Waals surface area contributed by atoms with Crippen molar-refractivity contribution in [1.82, 2.24) is 10.2 Å². The third kappa shape index (κ3) is 5.26. The first-order valence-electron chi connectivity index (χ1n) is 7.03. The summed E-state index contributed by atoms with van der Waals surface area (Å²) in [6.07, 6.45) is 1.03. The average Bonchev–Trinajstić information content (AvgIpc) is 2.44. The molecule has 0 bridgehead atoms. The predicted octanol–water partition coefficient (Wildman–Crippen LogP) is 4.32. The lowest BCUT2D eigenvalue weighted by atomic mass is 9.90. The van der Waals surface area contributed by atoms with Crippen LogP contribution in [0.5, 0.6) is 0 Å². The van der Waals surface area contributed by atoms with Crippen molar-refractivity contribution < 1.29 is 4.39 Å². The minimum Gasteiger partial charge on any atom is -0.314 e. The lowest BCUT2D eigenvalue weighted by molar-refractivity contribution is 0.125. The molecular formula is C15H24Cl3FN2. The highest BCUT2D eigenvalue weighted by atomic mass is 35.5. The fraction of sp³-hybridized carbons (Fsp3) is 0.600. The van der Waals surface area contributed by atoms with E-state index >= 15 is 0 Å². The van der Waals surface area contributed by atoms with Crippen molar-refractivity contribution in [3.8, 4) is 0 Å². The standard InChI is InChI=1S/C15H22ClFN2.2ClH/c1-3-11(2)15(19-8-6-18-7-9-19)13-10-12(16)4-5-14(13)17;;/h4-5,10-11,15,18H,3,6-9H2,1-2H3;2*1H/t11?,15-;;/m1../s1. The molecule has 2 atom stereocenters. The zero-order valence-corrected chi connectivity index (χ0v) is 14.8. The van der Waals surface area contributed by atoms with Gasteiger partial charge in [-0.2, -0.15) is 0 Å². The van der Waals surface area contributed by atoms with Crippen molar-refractivity contribution in [2.75, 3.05) is 26.2 Å². The number of benzene rings is 1. The Labute approximate surface area is 144 Å². The molecule has 2 rings (SSSR count). The van der Waals surface area contributed by atoms with E-state index in [4.69, 9.17) is 11.6 Å². The van der Waals surface area contributed by atoms with E-state index in [2.05, 4.69) is 24.1 Å². The van der Waals surface area contributed by atoms with Gasteiger partial charge in [-0.25, -0.2) is 4.39 Å². The molecule has 2 nitrogen and oxygen atoms in total. The minimum absolute atomic E-state index is 0. The monoisotopic (exact) mass is 356 g/mol. The molecule has 1 fully saturated rings. The van der Waals surface area contributed by atoms with Crippen molar-refractivity contribution in [3.05, 3.63) is 34.6 Å².